The molecule has 0 aromatic heterocycles. The van der Waals surface area contributed by atoms with Crippen LogP contribution in [0.5, 0.6) is 0 Å². The molecule has 1 atom stereocenters. The first kappa shape index (κ1) is 13.5. The van der Waals surface area contributed by atoms with Crippen LogP contribution in [0.1, 0.15) is 31.9 Å². The van der Waals surface area contributed by atoms with Gasteiger partial charge in [-0.25, -0.2) is 0 Å². The molecule has 1 N–H and O–H groups in total. The molecule has 0 heterocycles. The Morgan fingerprint density at radius 3 is 2.69 bits per heavy atom. The molecular weight excluding hydrogens is 222 g/mol. The van der Waals surface area contributed by atoms with Crippen LogP contribution in [0.3, 0.4) is 0 Å². The Morgan fingerprint density at radius 2 is 2.06 bits per heavy atom. The van der Waals surface area contributed by atoms with Gasteiger partial charge in [-0.3, -0.25) is 0 Å². The van der Waals surface area contributed by atoms with Gasteiger partial charge in [0.05, 0.1) is 12.6 Å². The molecule has 16 heavy (non-hydrogen) atoms. The summed E-state index contributed by atoms with van der Waals surface area (Å²) in [7, 11) is 0. The van der Waals surface area contributed by atoms with Crippen molar-refractivity contribution in [2.45, 2.75) is 26.3 Å². The summed E-state index contributed by atoms with van der Waals surface area (Å²) in [4.78, 5) is 0. The number of benzene rings is 1. The molecule has 0 fully saturated rings. The van der Waals surface area contributed by atoms with Crippen LogP contribution in [0.15, 0.2) is 24.3 Å². The summed E-state index contributed by atoms with van der Waals surface area (Å²) in [6, 6.07) is 8.11. The van der Waals surface area contributed by atoms with E-state index in [0.717, 1.165) is 30.2 Å². The predicted molar refractivity (Wildman–Crippen MR) is 69.0 cm³/mol. The van der Waals surface area contributed by atoms with Crippen LogP contribution in [0.25, 0.3) is 0 Å². The van der Waals surface area contributed by atoms with Gasteiger partial charge in [-0.05, 0) is 31.5 Å². The van der Waals surface area contributed by atoms with E-state index in [1.165, 1.54) is 0 Å². The summed E-state index contributed by atoms with van der Waals surface area (Å²) >= 11 is 6.18. The maximum absolute atomic E-state index is 6.18. The summed E-state index contributed by atoms with van der Waals surface area (Å²) in [6.07, 6.45) is 1.10. The van der Waals surface area contributed by atoms with E-state index in [9.17, 15) is 0 Å². The quantitative estimate of drug-likeness (QED) is 0.790. The zero-order chi connectivity index (χ0) is 11.8. The van der Waals surface area contributed by atoms with Crippen molar-refractivity contribution in [1.82, 2.24) is 5.32 Å². The Kier molecular flexibility index (Phi) is 6.46. The van der Waals surface area contributed by atoms with Crippen molar-refractivity contribution in [3.8, 4) is 0 Å². The summed E-state index contributed by atoms with van der Waals surface area (Å²) in [5.74, 6) is 0. The molecule has 0 aliphatic rings. The second kappa shape index (κ2) is 7.66. The van der Waals surface area contributed by atoms with E-state index in [0.29, 0.717) is 6.61 Å². The van der Waals surface area contributed by atoms with Gasteiger partial charge in [0.25, 0.3) is 0 Å². The highest BCUT2D eigenvalue weighted by molar-refractivity contribution is 6.31. The van der Waals surface area contributed by atoms with Gasteiger partial charge in [-0.2, -0.15) is 0 Å². The van der Waals surface area contributed by atoms with Gasteiger partial charge in [0.2, 0.25) is 0 Å². The number of hydrogen-bond acceptors (Lipinski definition) is 2. The number of rotatable bonds is 7. The lowest BCUT2D eigenvalue weighted by Crippen LogP contribution is -2.26. The summed E-state index contributed by atoms with van der Waals surface area (Å²) in [5, 5.41) is 4.25. The Hall–Kier alpha value is -0.570. The zero-order valence-electron chi connectivity index (χ0n) is 10.0. The zero-order valence-corrected chi connectivity index (χ0v) is 10.8. The van der Waals surface area contributed by atoms with Crippen LogP contribution in [0.2, 0.25) is 5.02 Å². The highest BCUT2D eigenvalue weighted by Gasteiger charge is 2.13. The molecule has 2 nitrogen and oxygen atoms in total. The van der Waals surface area contributed by atoms with E-state index in [2.05, 4.69) is 18.3 Å². The number of halogens is 1. The molecule has 1 aromatic carbocycles. The Morgan fingerprint density at radius 1 is 1.31 bits per heavy atom. The van der Waals surface area contributed by atoms with Crippen molar-refractivity contribution in [3.63, 3.8) is 0 Å². The van der Waals surface area contributed by atoms with Gasteiger partial charge in [-0.15, -0.1) is 0 Å². The van der Waals surface area contributed by atoms with Crippen LogP contribution in [0.4, 0.5) is 0 Å². The van der Waals surface area contributed by atoms with E-state index < -0.39 is 0 Å². The summed E-state index contributed by atoms with van der Waals surface area (Å²) in [5.41, 5.74) is 1.12. The van der Waals surface area contributed by atoms with Crippen LogP contribution < -0.4 is 5.32 Å². The Labute approximate surface area is 103 Å². The van der Waals surface area contributed by atoms with Gasteiger partial charge in [0.1, 0.15) is 0 Å². The van der Waals surface area contributed by atoms with E-state index in [4.69, 9.17) is 16.3 Å². The van der Waals surface area contributed by atoms with Crippen molar-refractivity contribution in [3.05, 3.63) is 34.9 Å². The molecule has 3 heteroatoms. The smallest absolute Gasteiger partial charge is 0.0661 e. The molecule has 0 aliphatic carbocycles. The summed E-state index contributed by atoms with van der Waals surface area (Å²) < 4.78 is 5.48. The molecule has 90 valence electrons. The molecule has 0 spiro atoms. The molecule has 1 aromatic rings. The lowest BCUT2D eigenvalue weighted by atomic mass is 10.1. The monoisotopic (exact) mass is 241 g/mol. The van der Waals surface area contributed by atoms with Crippen molar-refractivity contribution in [2.24, 2.45) is 0 Å². The SMILES string of the molecule is CCCNC(COCC)c1ccccc1Cl. The highest BCUT2D eigenvalue weighted by Crippen LogP contribution is 2.22. The van der Waals surface area contributed by atoms with Crippen LogP contribution in [0, 0.1) is 0 Å². The molecular formula is C13H20ClNO. The van der Waals surface area contributed by atoms with E-state index >= 15 is 0 Å². The minimum Gasteiger partial charge on any atom is -0.380 e. The predicted octanol–water partition coefficient (Wildman–Crippen LogP) is 3.42. The highest BCUT2D eigenvalue weighted by atomic mass is 35.5. The lowest BCUT2D eigenvalue weighted by molar-refractivity contribution is 0.123. The number of nitrogens with one attached hydrogen (secondary N) is 1. The molecule has 0 bridgehead atoms. The average Bonchev–Trinajstić information content (AvgIpc) is 2.31. The van der Waals surface area contributed by atoms with Crippen molar-refractivity contribution in [2.75, 3.05) is 19.8 Å². The van der Waals surface area contributed by atoms with Gasteiger partial charge >= 0.3 is 0 Å². The molecule has 0 saturated heterocycles. The second-order valence-electron chi connectivity index (χ2n) is 3.69. The fraction of sp³-hybridized carbons (Fsp3) is 0.538. The maximum Gasteiger partial charge on any atom is 0.0661 e. The lowest BCUT2D eigenvalue weighted by Gasteiger charge is -2.19. The van der Waals surface area contributed by atoms with E-state index in [1.807, 2.05) is 25.1 Å². The molecule has 0 radical (unpaired) electrons. The third kappa shape index (κ3) is 4.12. The van der Waals surface area contributed by atoms with Crippen molar-refractivity contribution in [1.29, 1.82) is 0 Å². The molecule has 1 unspecified atom stereocenters. The van der Waals surface area contributed by atoms with Gasteiger partial charge in [-0.1, -0.05) is 36.7 Å². The minimum atomic E-state index is 0.189. The summed E-state index contributed by atoms with van der Waals surface area (Å²) in [6.45, 7) is 6.53. The maximum atomic E-state index is 6.18. The van der Waals surface area contributed by atoms with Crippen molar-refractivity contribution < 1.29 is 4.74 Å². The third-order valence-electron chi connectivity index (χ3n) is 2.41. The van der Waals surface area contributed by atoms with Gasteiger partial charge in [0.15, 0.2) is 0 Å². The fourth-order valence-electron chi connectivity index (χ4n) is 1.57. The Bertz CT molecular complexity index is 296. The van der Waals surface area contributed by atoms with E-state index in [1.54, 1.807) is 0 Å². The largest absolute Gasteiger partial charge is 0.380 e. The first-order valence-corrected chi connectivity index (χ1v) is 6.23. The topological polar surface area (TPSA) is 21.3 Å². The van der Waals surface area contributed by atoms with Gasteiger partial charge < -0.3 is 10.1 Å². The van der Waals surface area contributed by atoms with E-state index in [-0.39, 0.29) is 6.04 Å². The normalized spacial score (nSPS) is 12.7. The second-order valence-corrected chi connectivity index (χ2v) is 4.09. The third-order valence-corrected chi connectivity index (χ3v) is 2.75. The van der Waals surface area contributed by atoms with Crippen LogP contribution in [-0.2, 0) is 4.74 Å². The number of hydrogen-bond donors (Lipinski definition) is 1. The first-order valence-electron chi connectivity index (χ1n) is 5.85. The van der Waals surface area contributed by atoms with Crippen LogP contribution >= 0.6 is 11.6 Å². The Balaban J connectivity index is 2.70. The molecule has 1 rings (SSSR count). The first-order chi connectivity index (χ1) is 7.79. The minimum absolute atomic E-state index is 0.189. The average molecular weight is 242 g/mol. The van der Waals surface area contributed by atoms with Crippen LogP contribution in [-0.4, -0.2) is 19.8 Å². The molecule has 0 aliphatic heterocycles. The number of ether oxygens (including phenoxy) is 1. The molecule has 0 saturated carbocycles. The van der Waals surface area contributed by atoms with Gasteiger partial charge in [0, 0.05) is 11.6 Å². The fourth-order valence-corrected chi connectivity index (χ4v) is 1.84. The standard InChI is InChI=1S/C13H20ClNO/c1-3-9-15-13(10-16-4-2)11-7-5-6-8-12(11)14/h5-8,13,15H,3-4,9-10H2,1-2H3. The van der Waals surface area contributed by atoms with Crippen molar-refractivity contribution >= 4 is 11.6 Å². The molecule has 0 amide bonds.